The van der Waals surface area contributed by atoms with Gasteiger partial charge in [-0.2, -0.15) is 4.68 Å². The molecular formula is C13H20N4O4. The zero-order valence-electron chi connectivity index (χ0n) is 12.5. The van der Waals surface area contributed by atoms with E-state index in [1.54, 1.807) is 15.8 Å². The number of nitro groups is 1. The van der Waals surface area contributed by atoms with Crippen LogP contribution in [0.5, 0.6) is 0 Å². The summed E-state index contributed by atoms with van der Waals surface area (Å²) in [4.78, 5) is 23.7. The number of nitrogens with zero attached hydrogens (tertiary/aromatic N) is 4. The van der Waals surface area contributed by atoms with Crippen molar-refractivity contribution in [1.82, 2.24) is 14.7 Å². The molecule has 0 aliphatic carbocycles. The zero-order chi connectivity index (χ0) is 15.6. The molecule has 8 heteroatoms. The molecule has 21 heavy (non-hydrogen) atoms. The highest BCUT2D eigenvalue weighted by Crippen LogP contribution is 2.24. The average Bonchev–Trinajstić information content (AvgIpc) is 2.86. The van der Waals surface area contributed by atoms with Gasteiger partial charge in [-0.25, -0.2) is 4.79 Å². The Morgan fingerprint density at radius 2 is 2.05 bits per heavy atom. The molecule has 0 atom stereocenters. The van der Waals surface area contributed by atoms with Gasteiger partial charge in [0.1, 0.15) is 5.60 Å². The predicted molar refractivity (Wildman–Crippen MR) is 75.0 cm³/mol. The van der Waals surface area contributed by atoms with Gasteiger partial charge in [0.15, 0.2) is 0 Å². The van der Waals surface area contributed by atoms with Crippen molar-refractivity contribution in [3.05, 3.63) is 22.4 Å². The third-order valence-electron chi connectivity index (χ3n) is 3.27. The first-order valence-electron chi connectivity index (χ1n) is 6.94. The van der Waals surface area contributed by atoms with Gasteiger partial charge < -0.3 is 19.8 Å². The molecule has 0 saturated carbocycles. The highest BCUT2D eigenvalue weighted by atomic mass is 16.6. The van der Waals surface area contributed by atoms with Crippen molar-refractivity contribution in [2.45, 2.75) is 45.3 Å². The van der Waals surface area contributed by atoms with Crippen LogP contribution in [0.2, 0.25) is 0 Å². The minimum absolute atomic E-state index is 0.0809. The van der Waals surface area contributed by atoms with E-state index in [2.05, 4.69) is 5.10 Å². The second-order valence-corrected chi connectivity index (χ2v) is 6.11. The van der Waals surface area contributed by atoms with Gasteiger partial charge >= 0.3 is 11.9 Å². The molecule has 0 aromatic carbocycles. The van der Waals surface area contributed by atoms with E-state index in [0.717, 1.165) is 0 Å². The monoisotopic (exact) mass is 296 g/mol. The van der Waals surface area contributed by atoms with Gasteiger partial charge in [-0.1, -0.05) is 0 Å². The normalized spacial score (nSPS) is 16.8. The maximum Gasteiger partial charge on any atom is 0.410 e. The molecule has 1 saturated heterocycles. The van der Waals surface area contributed by atoms with Crippen LogP contribution in [0.3, 0.4) is 0 Å². The Kier molecular flexibility index (Phi) is 4.15. The Balaban J connectivity index is 1.90. The number of aromatic nitrogens is 2. The summed E-state index contributed by atoms with van der Waals surface area (Å²) in [5, 5.41) is 14.6. The molecule has 0 bridgehead atoms. The van der Waals surface area contributed by atoms with Gasteiger partial charge in [0.25, 0.3) is 0 Å². The van der Waals surface area contributed by atoms with E-state index in [1.807, 2.05) is 20.8 Å². The molecule has 2 heterocycles. The van der Waals surface area contributed by atoms with Crippen LogP contribution in [0.4, 0.5) is 10.6 Å². The number of likely N-dealkylation sites (tertiary alicyclic amines) is 1. The van der Waals surface area contributed by atoms with Crippen LogP contribution >= 0.6 is 0 Å². The summed E-state index contributed by atoms with van der Waals surface area (Å²) in [6.07, 6.45) is 2.72. The molecule has 0 unspecified atom stereocenters. The molecule has 0 radical (unpaired) electrons. The fraction of sp³-hybridized carbons (Fsp3) is 0.692. The fourth-order valence-electron chi connectivity index (χ4n) is 2.27. The summed E-state index contributed by atoms with van der Waals surface area (Å²) in [6, 6.07) is 1.47. The molecule has 2 rings (SSSR count). The summed E-state index contributed by atoms with van der Waals surface area (Å²) in [5.74, 6) is -0.149. The predicted octanol–water partition coefficient (Wildman–Crippen LogP) is 2.36. The van der Waals surface area contributed by atoms with Crippen molar-refractivity contribution in [3.63, 3.8) is 0 Å². The van der Waals surface area contributed by atoms with Gasteiger partial charge in [-0.05, 0) is 38.5 Å². The number of rotatable bonds is 2. The van der Waals surface area contributed by atoms with Crippen molar-refractivity contribution in [1.29, 1.82) is 0 Å². The van der Waals surface area contributed by atoms with Gasteiger partial charge in [0, 0.05) is 13.1 Å². The van der Waals surface area contributed by atoms with Crippen molar-refractivity contribution in [3.8, 4) is 0 Å². The van der Waals surface area contributed by atoms with Crippen LogP contribution in [0.1, 0.15) is 39.7 Å². The smallest absolute Gasteiger partial charge is 0.410 e. The summed E-state index contributed by atoms with van der Waals surface area (Å²) in [5.41, 5.74) is -0.503. The van der Waals surface area contributed by atoms with Crippen molar-refractivity contribution < 1.29 is 14.5 Å². The minimum atomic E-state index is -0.508. The second kappa shape index (κ2) is 5.71. The highest BCUT2D eigenvalue weighted by Gasteiger charge is 2.29. The number of amides is 1. The number of ether oxygens (including phenoxy) is 1. The van der Waals surface area contributed by atoms with Crippen LogP contribution in [-0.4, -0.2) is 44.4 Å². The number of hydrogen-bond donors (Lipinski definition) is 0. The fourth-order valence-corrected chi connectivity index (χ4v) is 2.27. The van der Waals surface area contributed by atoms with E-state index in [-0.39, 0.29) is 18.0 Å². The molecule has 0 spiro atoms. The van der Waals surface area contributed by atoms with Crippen molar-refractivity contribution in [2.75, 3.05) is 13.1 Å². The molecular weight excluding hydrogens is 276 g/mol. The lowest BCUT2D eigenvalue weighted by Crippen LogP contribution is -2.42. The molecule has 1 aliphatic rings. The molecule has 1 aliphatic heterocycles. The van der Waals surface area contributed by atoms with Crippen LogP contribution < -0.4 is 0 Å². The topological polar surface area (TPSA) is 90.5 Å². The molecule has 0 N–H and O–H groups in total. The first-order valence-corrected chi connectivity index (χ1v) is 6.94. The Hall–Kier alpha value is -2.12. The zero-order valence-corrected chi connectivity index (χ0v) is 12.5. The minimum Gasteiger partial charge on any atom is -0.444 e. The quantitative estimate of drug-likeness (QED) is 0.617. The summed E-state index contributed by atoms with van der Waals surface area (Å²) in [7, 11) is 0. The van der Waals surface area contributed by atoms with Gasteiger partial charge in [-0.3, -0.25) is 0 Å². The number of piperidine rings is 1. The van der Waals surface area contributed by atoms with E-state index >= 15 is 0 Å². The SMILES string of the molecule is CC(C)(C)OC(=O)N1CCC(n2ccc([N+](=O)[O-])n2)CC1. The lowest BCUT2D eigenvalue weighted by atomic mass is 10.1. The summed E-state index contributed by atoms with van der Waals surface area (Å²) < 4.78 is 6.94. The van der Waals surface area contributed by atoms with Gasteiger partial charge in [-0.15, -0.1) is 0 Å². The first kappa shape index (κ1) is 15.3. The van der Waals surface area contributed by atoms with Crippen molar-refractivity contribution >= 4 is 11.9 Å². The molecule has 1 aromatic heterocycles. The Bertz CT molecular complexity index is 527. The molecule has 1 aromatic rings. The first-order chi connectivity index (χ1) is 9.76. The Labute approximate surface area is 122 Å². The van der Waals surface area contributed by atoms with Crippen LogP contribution in [-0.2, 0) is 4.74 Å². The van der Waals surface area contributed by atoms with Crippen LogP contribution in [0, 0.1) is 10.1 Å². The second-order valence-electron chi connectivity index (χ2n) is 6.11. The molecule has 116 valence electrons. The third kappa shape index (κ3) is 3.93. The van der Waals surface area contributed by atoms with Crippen LogP contribution in [0.15, 0.2) is 12.3 Å². The molecule has 8 nitrogen and oxygen atoms in total. The average molecular weight is 296 g/mol. The summed E-state index contributed by atoms with van der Waals surface area (Å²) >= 11 is 0. The van der Waals surface area contributed by atoms with E-state index in [9.17, 15) is 14.9 Å². The maximum atomic E-state index is 11.9. The van der Waals surface area contributed by atoms with Gasteiger partial charge in [0.05, 0.1) is 23.4 Å². The molecule has 1 fully saturated rings. The molecule has 1 amide bonds. The number of carbonyl (C=O) groups excluding carboxylic acids is 1. The largest absolute Gasteiger partial charge is 0.444 e. The summed E-state index contributed by atoms with van der Waals surface area (Å²) in [6.45, 7) is 6.63. The standard InChI is InChI=1S/C13H20N4O4/c1-13(2,3)21-12(18)15-7-4-10(5-8-15)16-9-6-11(14-16)17(19)20/h6,9-10H,4-5,7-8H2,1-3H3. The number of carbonyl (C=O) groups is 1. The van der Waals surface area contributed by atoms with E-state index in [1.165, 1.54) is 6.07 Å². The highest BCUT2D eigenvalue weighted by molar-refractivity contribution is 5.68. The van der Waals surface area contributed by atoms with Crippen LogP contribution in [0.25, 0.3) is 0 Å². The number of hydrogen-bond acceptors (Lipinski definition) is 5. The lowest BCUT2D eigenvalue weighted by molar-refractivity contribution is -0.389. The third-order valence-corrected chi connectivity index (χ3v) is 3.27. The maximum absolute atomic E-state index is 11.9. The van der Waals surface area contributed by atoms with E-state index in [0.29, 0.717) is 25.9 Å². The van der Waals surface area contributed by atoms with E-state index in [4.69, 9.17) is 4.74 Å². The van der Waals surface area contributed by atoms with Gasteiger partial charge in [0.2, 0.25) is 0 Å². The lowest BCUT2D eigenvalue weighted by Gasteiger charge is -2.32. The Morgan fingerprint density at radius 1 is 1.43 bits per heavy atom. The van der Waals surface area contributed by atoms with Crippen molar-refractivity contribution in [2.24, 2.45) is 0 Å². The van der Waals surface area contributed by atoms with E-state index < -0.39 is 10.5 Å². The Morgan fingerprint density at radius 3 is 2.52 bits per heavy atom.